The maximum atomic E-state index is 13.0. The van der Waals surface area contributed by atoms with Gasteiger partial charge >= 0.3 is 0 Å². The molecule has 0 radical (unpaired) electrons. The van der Waals surface area contributed by atoms with Gasteiger partial charge in [0.25, 0.3) is 5.91 Å². The van der Waals surface area contributed by atoms with Crippen molar-refractivity contribution in [2.45, 2.75) is 64.5 Å². The van der Waals surface area contributed by atoms with E-state index in [0.29, 0.717) is 6.04 Å². The van der Waals surface area contributed by atoms with Crippen molar-refractivity contribution in [3.05, 3.63) is 15.6 Å². The van der Waals surface area contributed by atoms with Gasteiger partial charge in [-0.3, -0.25) is 4.79 Å². The largest absolute Gasteiger partial charge is 0.333 e. The summed E-state index contributed by atoms with van der Waals surface area (Å²) in [6.07, 6.45) is 5.79. The van der Waals surface area contributed by atoms with Crippen LogP contribution in [0.4, 0.5) is 0 Å². The Bertz CT molecular complexity index is 542. The molecule has 1 amide bonds. The fraction of sp³-hybridized carbons (Fsp3) is 0.750. The lowest BCUT2D eigenvalue weighted by Crippen LogP contribution is -2.62. The van der Waals surface area contributed by atoms with Crippen LogP contribution in [0, 0.1) is 13.8 Å². The fourth-order valence-electron chi connectivity index (χ4n) is 3.90. The summed E-state index contributed by atoms with van der Waals surface area (Å²) < 4.78 is 0. The topological polar surface area (TPSA) is 45.2 Å². The van der Waals surface area contributed by atoms with Crippen LogP contribution in [0.15, 0.2) is 0 Å². The summed E-state index contributed by atoms with van der Waals surface area (Å²) in [5.41, 5.74) is 0.967. The molecule has 116 valence electrons. The molecule has 21 heavy (non-hydrogen) atoms. The zero-order valence-corrected chi connectivity index (χ0v) is 14.1. The molecule has 5 heteroatoms. The molecule has 1 aromatic heterocycles. The van der Waals surface area contributed by atoms with Gasteiger partial charge in [0.2, 0.25) is 0 Å². The second kappa shape index (κ2) is 5.69. The van der Waals surface area contributed by atoms with E-state index < -0.39 is 0 Å². The van der Waals surface area contributed by atoms with Crippen molar-refractivity contribution < 1.29 is 4.79 Å². The second-order valence-corrected chi connectivity index (χ2v) is 7.81. The number of hydrogen-bond donors (Lipinski definition) is 1. The highest BCUT2D eigenvalue weighted by Crippen LogP contribution is 2.34. The van der Waals surface area contributed by atoms with Gasteiger partial charge in [0.05, 0.1) is 10.7 Å². The van der Waals surface area contributed by atoms with Crippen LogP contribution < -0.4 is 5.32 Å². The number of fused-ring (bicyclic) bond motifs is 1. The number of rotatable bonds is 1. The lowest BCUT2D eigenvalue weighted by Gasteiger charge is -2.48. The Morgan fingerprint density at radius 1 is 1.38 bits per heavy atom. The van der Waals surface area contributed by atoms with E-state index in [0.717, 1.165) is 41.5 Å². The number of aromatic nitrogens is 1. The van der Waals surface area contributed by atoms with Crippen LogP contribution in [0.3, 0.4) is 0 Å². The smallest absolute Gasteiger partial charge is 0.266 e. The van der Waals surface area contributed by atoms with E-state index in [2.05, 4.69) is 22.1 Å². The number of carbonyl (C=O) groups is 1. The van der Waals surface area contributed by atoms with Crippen LogP contribution in [0.2, 0.25) is 0 Å². The second-order valence-electron chi connectivity index (χ2n) is 6.61. The van der Waals surface area contributed by atoms with Crippen LogP contribution in [-0.4, -0.2) is 40.5 Å². The summed E-state index contributed by atoms with van der Waals surface area (Å²) in [6, 6.07) is 0.322. The van der Waals surface area contributed by atoms with Crippen LogP contribution >= 0.6 is 11.3 Å². The maximum absolute atomic E-state index is 13.0. The average Bonchev–Trinajstić information content (AvgIpc) is 2.66. The van der Waals surface area contributed by atoms with E-state index in [1.54, 1.807) is 0 Å². The monoisotopic (exact) mass is 307 g/mol. The zero-order valence-electron chi connectivity index (χ0n) is 13.2. The molecule has 2 saturated heterocycles. The molecule has 3 rings (SSSR count). The van der Waals surface area contributed by atoms with Crippen molar-refractivity contribution in [1.82, 2.24) is 15.2 Å². The lowest BCUT2D eigenvalue weighted by molar-refractivity contribution is 0.0383. The molecule has 2 fully saturated rings. The highest BCUT2D eigenvalue weighted by atomic mass is 32.1. The average molecular weight is 307 g/mol. The van der Waals surface area contributed by atoms with Crippen molar-refractivity contribution in [3.8, 4) is 0 Å². The summed E-state index contributed by atoms with van der Waals surface area (Å²) in [5.74, 6) is 0.192. The van der Waals surface area contributed by atoms with Crippen molar-refractivity contribution in [3.63, 3.8) is 0 Å². The first-order valence-electron chi connectivity index (χ1n) is 8.01. The van der Waals surface area contributed by atoms with Gasteiger partial charge in [0, 0.05) is 18.1 Å². The Kier molecular flexibility index (Phi) is 4.06. The van der Waals surface area contributed by atoms with Crippen molar-refractivity contribution in [1.29, 1.82) is 0 Å². The van der Waals surface area contributed by atoms with Gasteiger partial charge < -0.3 is 10.2 Å². The summed E-state index contributed by atoms with van der Waals surface area (Å²) in [7, 11) is 0. The molecule has 0 saturated carbocycles. The first kappa shape index (κ1) is 15.0. The Morgan fingerprint density at radius 2 is 2.19 bits per heavy atom. The molecular weight excluding hydrogens is 282 g/mol. The van der Waals surface area contributed by atoms with Crippen molar-refractivity contribution in [2.75, 3.05) is 13.1 Å². The molecule has 2 aliphatic heterocycles. The minimum atomic E-state index is 0.0814. The summed E-state index contributed by atoms with van der Waals surface area (Å²) in [4.78, 5) is 20.4. The molecule has 2 aliphatic rings. The van der Waals surface area contributed by atoms with Crippen molar-refractivity contribution in [2.24, 2.45) is 0 Å². The minimum Gasteiger partial charge on any atom is -0.333 e. The van der Waals surface area contributed by atoms with Gasteiger partial charge in [0.15, 0.2) is 0 Å². The Balaban J connectivity index is 1.89. The number of piperidine rings is 1. The van der Waals surface area contributed by atoms with Gasteiger partial charge in [-0.25, -0.2) is 4.98 Å². The number of aryl methyl sites for hydroxylation is 2. The third kappa shape index (κ3) is 2.73. The number of nitrogens with one attached hydrogen (secondary N) is 1. The molecule has 1 N–H and O–H groups in total. The molecular formula is C16H25N3OS. The zero-order chi connectivity index (χ0) is 15.0. The summed E-state index contributed by atoms with van der Waals surface area (Å²) >= 11 is 1.54. The Hall–Kier alpha value is -0.940. The quantitative estimate of drug-likeness (QED) is 0.867. The summed E-state index contributed by atoms with van der Waals surface area (Å²) in [6.45, 7) is 8.19. The maximum Gasteiger partial charge on any atom is 0.266 e. The van der Waals surface area contributed by atoms with Crippen LogP contribution in [0.5, 0.6) is 0 Å². The number of likely N-dealkylation sites (tertiary alicyclic amines) is 1. The molecule has 0 spiro atoms. The highest BCUT2D eigenvalue weighted by molar-refractivity contribution is 7.13. The fourth-order valence-corrected chi connectivity index (χ4v) is 4.78. The third-order valence-electron chi connectivity index (χ3n) is 5.00. The van der Waals surface area contributed by atoms with Crippen LogP contribution in [0.1, 0.15) is 59.4 Å². The van der Waals surface area contributed by atoms with E-state index in [1.165, 1.54) is 30.6 Å². The predicted octanol–water partition coefficient (Wildman–Crippen LogP) is 2.90. The molecule has 1 aromatic rings. The van der Waals surface area contributed by atoms with Gasteiger partial charge in [-0.15, -0.1) is 11.3 Å². The lowest BCUT2D eigenvalue weighted by atomic mass is 9.81. The predicted molar refractivity (Wildman–Crippen MR) is 85.9 cm³/mol. The Labute approximate surface area is 130 Å². The number of amides is 1. The first-order valence-corrected chi connectivity index (χ1v) is 8.83. The molecule has 0 aromatic carbocycles. The van der Waals surface area contributed by atoms with Crippen molar-refractivity contribution >= 4 is 17.2 Å². The highest BCUT2D eigenvalue weighted by Gasteiger charge is 2.43. The van der Waals surface area contributed by atoms with Crippen LogP contribution in [-0.2, 0) is 0 Å². The number of nitrogens with zero attached hydrogens (tertiary/aromatic N) is 2. The van der Waals surface area contributed by atoms with Crippen LogP contribution in [0.25, 0.3) is 0 Å². The van der Waals surface area contributed by atoms with Gasteiger partial charge in [-0.05, 0) is 53.0 Å². The first-order chi connectivity index (χ1) is 10.0. The standard InChI is InChI=1S/C16H25N3OS/c1-11-14(21-12(2)18-11)15(20)19-10-6-8-16(3)13(19)7-4-5-9-17-16/h13,17H,4-10H2,1-3H3/t13-,16-/m0/s1. The van der Waals surface area contributed by atoms with Gasteiger partial charge in [-0.2, -0.15) is 0 Å². The van der Waals surface area contributed by atoms with E-state index >= 15 is 0 Å². The molecule has 4 nitrogen and oxygen atoms in total. The minimum absolute atomic E-state index is 0.0814. The SMILES string of the molecule is Cc1nc(C)c(C(=O)N2CCC[C@]3(C)NCCCC[C@H]23)s1. The van der Waals surface area contributed by atoms with Gasteiger partial charge in [-0.1, -0.05) is 6.42 Å². The summed E-state index contributed by atoms with van der Waals surface area (Å²) in [5, 5.41) is 4.69. The molecule has 0 bridgehead atoms. The number of carbonyl (C=O) groups excluding carboxylic acids is 1. The number of hydrogen-bond acceptors (Lipinski definition) is 4. The Morgan fingerprint density at radius 3 is 2.90 bits per heavy atom. The van der Waals surface area contributed by atoms with E-state index in [9.17, 15) is 4.79 Å². The molecule has 0 unspecified atom stereocenters. The molecule has 2 atom stereocenters. The molecule has 0 aliphatic carbocycles. The normalized spacial score (nSPS) is 29.9. The molecule has 3 heterocycles. The number of thiazole rings is 1. The third-order valence-corrected chi connectivity index (χ3v) is 6.06. The van der Waals surface area contributed by atoms with E-state index in [1.807, 2.05) is 13.8 Å². The van der Waals surface area contributed by atoms with E-state index in [4.69, 9.17) is 0 Å². The van der Waals surface area contributed by atoms with E-state index in [-0.39, 0.29) is 11.4 Å². The van der Waals surface area contributed by atoms with Gasteiger partial charge in [0.1, 0.15) is 4.88 Å².